The van der Waals surface area contributed by atoms with Gasteiger partial charge in [0.25, 0.3) is 5.91 Å². The Labute approximate surface area is 166 Å². The molecule has 1 amide bonds. The molecule has 0 saturated carbocycles. The Morgan fingerprint density at radius 3 is 2.81 bits per heavy atom. The number of unbranched alkanes of at least 4 members (excludes halogenated alkanes) is 1. The lowest BCUT2D eigenvalue weighted by atomic mass is 10.1. The lowest BCUT2D eigenvalue weighted by Crippen LogP contribution is -2.13. The van der Waals surface area contributed by atoms with Gasteiger partial charge in [-0.2, -0.15) is 5.10 Å². The number of benzene rings is 2. The maximum atomic E-state index is 12.1. The molecule has 7 heteroatoms. The normalized spacial score (nSPS) is 14.5. The molecule has 0 fully saturated rings. The van der Waals surface area contributed by atoms with Crippen molar-refractivity contribution in [2.75, 3.05) is 19.0 Å². The van der Waals surface area contributed by atoms with Gasteiger partial charge in [-0.05, 0) is 48.4 Å². The molecule has 0 atom stereocenters. The summed E-state index contributed by atoms with van der Waals surface area (Å²) in [5.41, 5.74) is 2.54. The monoisotopic (exact) mass is 429 g/mol. The lowest BCUT2D eigenvalue weighted by Gasteiger charge is -2.10. The van der Waals surface area contributed by atoms with Crippen molar-refractivity contribution in [2.45, 2.75) is 19.8 Å². The van der Waals surface area contributed by atoms with Crippen molar-refractivity contribution in [3.8, 4) is 11.5 Å². The minimum absolute atomic E-state index is 0.266. The highest BCUT2D eigenvalue weighted by Crippen LogP contribution is 2.28. The van der Waals surface area contributed by atoms with Gasteiger partial charge >= 0.3 is 0 Å². The van der Waals surface area contributed by atoms with Gasteiger partial charge in [0.1, 0.15) is 0 Å². The maximum Gasteiger partial charge on any atom is 0.276 e. The SMILES string of the molecule is CCCCOc1ccc(C=N/N=C2/C(=O)Nc3ccc(Br)cc32)cc1OC. The zero-order valence-corrected chi connectivity index (χ0v) is 16.7. The third-order valence-electron chi connectivity index (χ3n) is 4.01. The first-order valence-electron chi connectivity index (χ1n) is 8.65. The van der Waals surface area contributed by atoms with Gasteiger partial charge in [0, 0.05) is 10.0 Å². The van der Waals surface area contributed by atoms with Crippen LogP contribution in [-0.2, 0) is 4.79 Å². The average Bonchev–Trinajstić information content (AvgIpc) is 2.97. The summed E-state index contributed by atoms with van der Waals surface area (Å²) in [6, 6.07) is 11.1. The van der Waals surface area contributed by atoms with Gasteiger partial charge < -0.3 is 14.8 Å². The highest BCUT2D eigenvalue weighted by Gasteiger charge is 2.26. The van der Waals surface area contributed by atoms with Crippen LogP contribution in [0.5, 0.6) is 11.5 Å². The van der Waals surface area contributed by atoms with E-state index in [1.807, 2.05) is 36.4 Å². The molecule has 6 nitrogen and oxygen atoms in total. The summed E-state index contributed by atoms with van der Waals surface area (Å²) in [7, 11) is 1.60. The van der Waals surface area contributed by atoms with Gasteiger partial charge in [0.05, 0.1) is 25.6 Å². The van der Waals surface area contributed by atoms with Gasteiger partial charge in [-0.25, -0.2) is 0 Å². The molecule has 2 aromatic rings. The van der Waals surface area contributed by atoms with Crippen LogP contribution in [0.4, 0.5) is 5.69 Å². The van der Waals surface area contributed by atoms with E-state index in [4.69, 9.17) is 9.47 Å². The van der Waals surface area contributed by atoms with Gasteiger partial charge in [-0.15, -0.1) is 5.10 Å². The van der Waals surface area contributed by atoms with Crippen LogP contribution in [0.2, 0.25) is 0 Å². The summed E-state index contributed by atoms with van der Waals surface area (Å²) in [5.74, 6) is 1.07. The molecule has 0 bridgehead atoms. The Morgan fingerprint density at radius 2 is 2.04 bits per heavy atom. The van der Waals surface area contributed by atoms with Crippen LogP contribution in [-0.4, -0.2) is 31.6 Å². The predicted octanol–water partition coefficient (Wildman–Crippen LogP) is 4.41. The van der Waals surface area contributed by atoms with E-state index in [0.29, 0.717) is 18.1 Å². The predicted molar refractivity (Wildman–Crippen MR) is 110 cm³/mol. The summed E-state index contributed by atoms with van der Waals surface area (Å²) in [5, 5.41) is 10.9. The molecule has 27 heavy (non-hydrogen) atoms. The highest BCUT2D eigenvalue weighted by atomic mass is 79.9. The first-order valence-corrected chi connectivity index (χ1v) is 9.44. The molecular formula is C20H20BrN3O3. The molecule has 2 aromatic carbocycles. The number of fused-ring (bicyclic) bond motifs is 1. The molecule has 140 valence electrons. The Hall–Kier alpha value is -2.67. The molecule has 3 rings (SSSR count). The Kier molecular flexibility index (Phi) is 6.24. The van der Waals surface area contributed by atoms with Crippen molar-refractivity contribution >= 4 is 39.5 Å². The second kappa shape index (κ2) is 8.81. The third kappa shape index (κ3) is 4.54. The van der Waals surface area contributed by atoms with E-state index in [0.717, 1.165) is 34.1 Å². The fraction of sp³-hybridized carbons (Fsp3) is 0.250. The van der Waals surface area contributed by atoms with E-state index in [1.54, 1.807) is 13.3 Å². The number of methoxy groups -OCH3 is 1. The quantitative estimate of drug-likeness (QED) is 0.402. The highest BCUT2D eigenvalue weighted by molar-refractivity contribution is 9.10. The number of carbonyl (C=O) groups is 1. The molecule has 1 heterocycles. The number of ether oxygens (including phenoxy) is 2. The molecule has 1 aliphatic rings. The van der Waals surface area contributed by atoms with Gasteiger partial charge in [0.15, 0.2) is 17.2 Å². The summed E-state index contributed by atoms with van der Waals surface area (Å²) < 4.78 is 12.0. The number of nitrogens with one attached hydrogen (secondary N) is 1. The zero-order valence-electron chi connectivity index (χ0n) is 15.2. The van der Waals surface area contributed by atoms with E-state index >= 15 is 0 Å². The molecule has 0 spiro atoms. The van der Waals surface area contributed by atoms with Crippen molar-refractivity contribution in [1.82, 2.24) is 0 Å². The van der Waals surface area contributed by atoms with E-state index in [2.05, 4.69) is 38.4 Å². The Balaban J connectivity index is 1.78. The fourth-order valence-electron chi connectivity index (χ4n) is 2.59. The van der Waals surface area contributed by atoms with E-state index in [9.17, 15) is 4.79 Å². The topological polar surface area (TPSA) is 72.3 Å². The van der Waals surface area contributed by atoms with Crippen molar-refractivity contribution in [1.29, 1.82) is 0 Å². The summed E-state index contributed by atoms with van der Waals surface area (Å²) in [4.78, 5) is 12.1. The molecule has 0 aromatic heterocycles. The first kappa shape index (κ1) is 19.1. The molecule has 0 radical (unpaired) electrons. The zero-order chi connectivity index (χ0) is 19.2. The van der Waals surface area contributed by atoms with Crippen LogP contribution < -0.4 is 14.8 Å². The van der Waals surface area contributed by atoms with Crippen LogP contribution in [0, 0.1) is 0 Å². The Bertz CT molecular complexity index is 909. The van der Waals surface area contributed by atoms with Gasteiger partial charge in [0.2, 0.25) is 0 Å². The van der Waals surface area contributed by atoms with Crippen molar-refractivity contribution < 1.29 is 14.3 Å². The number of carbonyl (C=O) groups excluding carboxylic acids is 1. The largest absolute Gasteiger partial charge is 0.493 e. The number of hydrogen-bond acceptors (Lipinski definition) is 5. The molecular weight excluding hydrogens is 410 g/mol. The second-order valence-electron chi connectivity index (χ2n) is 5.95. The summed E-state index contributed by atoms with van der Waals surface area (Å²) >= 11 is 3.40. The summed E-state index contributed by atoms with van der Waals surface area (Å²) in [6.07, 6.45) is 3.64. The number of amides is 1. The first-order chi connectivity index (χ1) is 13.1. The van der Waals surface area contributed by atoms with Gasteiger partial charge in [-0.1, -0.05) is 29.3 Å². The van der Waals surface area contributed by atoms with Crippen LogP contribution in [0.3, 0.4) is 0 Å². The minimum atomic E-state index is -0.266. The number of halogens is 1. The molecule has 1 aliphatic heterocycles. The van der Waals surface area contributed by atoms with Crippen molar-refractivity contribution in [3.63, 3.8) is 0 Å². The molecule has 0 aliphatic carbocycles. The number of rotatable bonds is 7. The third-order valence-corrected chi connectivity index (χ3v) is 4.50. The van der Waals surface area contributed by atoms with Crippen LogP contribution >= 0.6 is 15.9 Å². The fourth-order valence-corrected chi connectivity index (χ4v) is 2.95. The van der Waals surface area contributed by atoms with E-state index in [-0.39, 0.29) is 11.6 Å². The van der Waals surface area contributed by atoms with Crippen LogP contribution in [0.15, 0.2) is 51.1 Å². The van der Waals surface area contributed by atoms with E-state index < -0.39 is 0 Å². The van der Waals surface area contributed by atoms with Gasteiger partial charge in [-0.3, -0.25) is 4.79 Å². The smallest absolute Gasteiger partial charge is 0.276 e. The maximum absolute atomic E-state index is 12.1. The number of nitrogens with zero attached hydrogens (tertiary/aromatic N) is 2. The summed E-state index contributed by atoms with van der Waals surface area (Å²) in [6.45, 7) is 2.77. The number of hydrogen-bond donors (Lipinski definition) is 1. The molecule has 0 saturated heterocycles. The van der Waals surface area contributed by atoms with Crippen LogP contribution in [0.1, 0.15) is 30.9 Å². The average molecular weight is 430 g/mol. The molecule has 1 N–H and O–H groups in total. The van der Waals surface area contributed by atoms with E-state index in [1.165, 1.54) is 0 Å². The van der Waals surface area contributed by atoms with Crippen molar-refractivity contribution in [3.05, 3.63) is 52.0 Å². The number of anilines is 1. The Morgan fingerprint density at radius 1 is 1.19 bits per heavy atom. The van der Waals surface area contributed by atoms with Crippen molar-refractivity contribution in [2.24, 2.45) is 10.2 Å². The second-order valence-corrected chi connectivity index (χ2v) is 6.87. The molecule has 0 unspecified atom stereocenters. The minimum Gasteiger partial charge on any atom is -0.493 e. The lowest BCUT2D eigenvalue weighted by molar-refractivity contribution is -0.110. The standard InChI is InChI=1S/C20H20BrN3O3/c1-3-4-9-27-17-8-5-13(10-18(17)26-2)12-22-24-19-15-11-14(21)6-7-16(15)23-20(19)25/h5-8,10-12H,3-4,9H2,1-2H3,(H,23,24,25). The van der Waals surface area contributed by atoms with Crippen LogP contribution in [0.25, 0.3) is 0 Å².